The molecule has 0 spiro atoms. The van der Waals surface area contributed by atoms with Gasteiger partial charge in [0.15, 0.2) is 0 Å². The quantitative estimate of drug-likeness (QED) is 0.773. The van der Waals surface area contributed by atoms with Crippen LogP contribution in [0.25, 0.3) is 0 Å². The highest BCUT2D eigenvalue weighted by molar-refractivity contribution is 5.91. The molecule has 2 N–H and O–H groups in total. The zero-order valence-corrected chi connectivity index (χ0v) is 13.9. The van der Waals surface area contributed by atoms with E-state index in [1.807, 2.05) is 13.0 Å². The Morgan fingerprint density at radius 1 is 1.08 bits per heavy atom. The lowest BCUT2D eigenvalue weighted by Gasteiger charge is -2.20. The SMILES string of the molecule is CCNCc1cccc(NC(=O)CC(c2ccccc2)C(F)(F)F)c1. The molecule has 0 aromatic heterocycles. The van der Waals surface area contributed by atoms with Gasteiger partial charge >= 0.3 is 6.18 Å². The van der Waals surface area contributed by atoms with Crippen molar-refractivity contribution in [2.75, 3.05) is 11.9 Å². The first-order valence-electron chi connectivity index (χ1n) is 8.11. The molecule has 0 aliphatic carbocycles. The largest absolute Gasteiger partial charge is 0.396 e. The minimum absolute atomic E-state index is 0.0889. The van der Waals surface area contributed by atoms with Crippen LogP contribution in [0.3, 0.4) is 0 Å². The molecule has 2 aromatic rings. The Kier molecular flexibility index (Phi) is 6.58. The zero-order chi connectivity index (χ0) is 18.3. The van der Waals surface area contributed by atoms with Gasteiger partial charge in [-0.3, -0.25) is 4.79 Å². The van der Waals surface area contributed by atoms with Crippen molar-refractivity contribution in [2.24, 2.45) is 0 Å². The Morgan fingerprint density at radius 3 is 2.44 bits per heavy atom. The van der Waals surface area contributed by atoms with E-state index in [0.29, 0.717) is 12.2 Å². The molecular weight excluding hydrogens is 329 g/mol. The van der Waals surface area contributed by atoms with Crippen molar-refractivity contribution in [1.29, 1.82) is 0 Å². The van der Waals surface area contributed by atoms with Gasteiger partial charge < -0.3 is 10.6 Å². The molecule has 134 valence electrons. The summed E-state index contributed by atoms with van der Waals surface area (Å²) in [6, 6.07) is 14.6. The number of carbonyl (C=O) groups excluding carboxylic acids is 1. The van der Waals surface area contributed by atoms with E-state index in [1.54, 1.807) is 24.3 Å². The Balaban J connectivity index is 2.07. The van der Waals surface area contributed by atoms with E-state index in [2.05, 4.69) is 10.6 Å². The van der Waals surface area contributed by atoms with E-state index in [1.165, 1.54) is 24.3 Å². The Bertz CT molecular complexity index is 687. The number of benzene rings is 2. The summed E-state index contributed by atoms with van der Waals surface area (Å²) in [7, 11) is 0. The molecule has 1 amide bonds. The Labute approximate surface area is 145 Å². The van der Waals surface area contributed by atoms with Gasteiger partial charge in [-0.25, -0.2) is 0 Å². The topological polar surface area (TPSA) is 41.1 Å². The number of carbonyl (C=O) groups is 1. The first kappa shape index (κ1) is 19.0. The second-order valence-electron chi connectivity index (χ2n) is 5.74. The molecule has 2 aromatic carbocycles. The number of anilines is 1. The summed E-state index contributed by atoms with van der Waals surface area (Å²) in [5, 5.41) is 5.72. The summed E-state index contributed by atoms with van der Waals surface area (Å²) in [6.07, 6.45) is -5.13. The first-order chi connectivity index (χ1) is 11.9. The summed E-state index contributed by atoms with van der Waals surface area (Å²) in [4.78, 5) is 12.1. The van der Waals surface area contributed by atoms with Crippen LogP contribution in [0.15, 0.2) is 54.6 Å². The van der Waals surface area contributed by atoms with E-state index in [4.69, 9.17) is 0 Å². The van der Waals surface area contributed by atoms with E-state index < -0.39 is 24.4 Å². The van der Waals surface area contributed by atoms with Crippen LogP contribution in [0.4, 0.5) is 18.9 Å². The molecule has 0 aliphatic rings. The average Bonchev–Trinajstić information content (AvgIpc) is 2.58. The monoisotopic (exact) mass is 350 g/mol. The van der Waals surface area contributed by atoms with Crippen LogP contribution in [0, 0.1) is 0 Å². The molecule has 1 unspecified atom stereocenters. The highest BCUT2D eigenvalue weighted by atomic mass is 19.4. The van der Waals surface area contributed by atoms with Crippen LogP contribution in [0.1, 0.15) is 30.4 Å². The Hall–Kier alpha value is -2.34. The van der Waals surface area contributed by atoms with Gasteiger partial charge in [0.1, 0.15) is 0 Å². The third kappa shape index (κ3) is 5.90. The predicted molar refractivity (Wildman–Crippen MR) is 92.3 cm³/mol. The van der Waals surface area contributed by atoms with E-state index in [-0.39, 0.29) is 5.56 Å². The average molecular weight is 350 g/mol. The van der Waals surface area contributed by atoms with E-state index in [9.17, 15) is 18.0 Å². The summed E-state index contributed by atoms with van der Waals surface area (Å²) in [6.45, 7) is 3.42. The molecule has 0 saturated heterocycles. The molecule has 0 saturated carbocycles. The van der Waals surface area contributed by atoms with Crippen molar-refractivity contribution in [3.05, 3.63) is 65.7 Å². The molecule has 25 heavy (non-hydrogen) atoms. The van der Waals surface area contributed by atoms with Crippen LogP contribution in [-0.4, -0.2) is 18.6 Å². The summed E-state index contributed by atoms with van der Waals surface area (Å²) in [5.74, 6) is -2.48. The zero-order valence-electron chi connectivity index (χ0n) is 13.9. The fourth-order valence-corrected chi connectivity index (χ4v) is 2.53. The minimum Gasteiger partial charge on any atom is -0.326 e. The molecule has 0 fully saturated rings. The number of amides is 1. The van der Waals surface area contributed by atoms with E-state index >= 15 is 0 Å². The maximum absolute atomic E-state index is 13.3. The van der Waals surface area contributed by atoms with Crippen molar-refractivity contribution >= 4 is 11.6 Å². The van der Waals surface area contributed by atoms with Gasteiger partial charge in [0.25, 0.3) is 0 Å². The molecule has 6 heteroatoms. The maximum Gasteiger partial charge on any atom is 0.396 e. The molecule has 1 atom stereocenters. The number of nitrogens with one attached hydrogen (secondary N) is 2. The number of hydrogen-bond acceptors (Lipinski definition) is 2. The second kappa shape index (κ2) is 8.67. The molecule has 0 bridgehead atoms. The Morgan fingerprint density at radius 2 is 1.80 bits per heavy atom. The van der Waals surface area contributed by atoms with Crippen molar-refractivity contribution in [3.63, 3.8) is 0 Å². The van der Waals surface area contributed by atoms with Crippen molar-refractivity contribution in [3.8, 4) is 0 Å². The van der Waals surface area contributed by atoms with Gasteiger partial charge in [0.2, 0.25) is 5.91 Å². The lowest BCUT2D eigenvalue weighted by molar-refractivity contribution is -0.155. The van der Waals surface area contributed by atoms with E-state index in [0.717, 1.165) is 12.1 Å². The molecule has 3 nitrogen and oxygen atoms in total. The van der Waals surface area contributed by atoms with Gasteiger partial charge in [-0.15, -0.1) is 0 Å². The van der Waals surface area contributed by atoms with Crippen LogP contribution in [0.2, 0.25) is 0 Å². The van der Waals surface area contributed by atoms with Crippen molar-refractivity contribution in [1.82, 2.24) is 5.32 Å². The summed E-state index contributed by atoms with van der Waals surface area (Å²) >= 11 is 0. The summed E-state index contributed by atoms with van der Waals surface area (Å²) < 4.78 is 40.0. The smallest absolute Gasteiger partial charge is 0.326 e. The van der Waals surface area contributed by atoms with Crippen LogP contribution in [-0.2, 0) is 11.3 Å². The van der Waals surface area contributed by atoms with Crippen LogP contribution in [0.5, 0.6) is 0 Å². The van der Waals surface area contributed by atoms with Crippen LogP contribution < -0.4 is 10.6 Å². The number of hydrogen-bond donors (Lipinski definition) is 2. The van der Waals surface area contributed by atoms with Gasteiger partial charge in [-0.2, -0.15) is 13.2 Å². The van der Waals surface area contributed by atoms with Gasteiger partial charge in [0, 0.05) is 18.7 Å². The van der Waals surface area contributed by atoms with Crippen LogP contribution >= 0.6 is 0 Å². The van der Waals surface area contributed by atoms with Gasteiger partial charge in [-0.1, -0.05) is 49.4 Å². The van der Waals surface area contributed by atoms with Crippen molar-refractivity contribution < 1.29 is 18.0 Å². The highest BCUT2D eigenvalue weighted by Crippen LogP contribution is 2.37. The fourth-order valence-electron chi connectivity index (χ4n) is 2.53. The molecule has 0 heterocycles. The fraction of sp³-hybridized carbons (Fsp3) is 0.316. The normalized spacial score (nSPS) is 12.6. The highest BCUT2D eigenvalue weighted by Gasteiger charge is 2.41. The lowest BCUT2D eigenvalue weighted by atomic mass is 9.94. The first-order valence-corrected chi connectivity index (χ1v) is 8.11. The number of rotatable bonds is 7. The molecule has 2 rings (SSSR count). The molecule has 0 radical (unpaired) electrons. The standard InChI is InChI=1S/C19H21F3N2O/c1-2-23-13-14-7-6-10-16(11-14)24-18(25)12-17(19(20,21)22)15-8-4-3-5-9-15/h3-11,17,23H,2,12-13H2,1H3,(H,24,25). The molecular formula is C19H21F3N2O. The number of alkyl halides is 3. The maximum atomic E-state index is 13.3. The van der Waals surface area contributed by atoms with Crippen molar-refractivity contribution in [2.45, 2.75) is 32.0 Å². The minimum atomic E-state index is -4.48. The molecule has 0 aliphatic heterocycles. The number of halogens is 3. The third-order valence-corrected chi connectivity index (χ3v) is 3.78. The van der Waals surface area contributed by atoms with Gasteiger partial charge in [-0.05, 0) is 29.8 Å². The summed E-state index contributed by atoms with van der Waals surface area (Å²) in [5.41, 5.74) is 1.54. The lowest BCUT2D eigenvalue weighted by Crippen LogP contribution is -2.26. The predicted octanol–water partition coefficient (Wildman–Crippen LogP) is 4.47. The third-order valence-electron chi connectivity index (χ3n) is 3.78. The van der Waals surface area contributed by atoms with Gasteiger partial charge in [0.05, 0.1) is 5.92 Å². The second-order valence-corrected chi connectivity index (χ2v) is 5.74.